The standard InChI is InChI=1S/C18H18Cl2N2O3/c1-12(23)22(18-14(19)7-5-8-15(18)20)11-17(24)21-10-13-6-3-4-9-16(13)25-2/h3-9H,10-11H2,1-2H3,(H,21,24). The number of carbonyl (C=O) groups excluding carboxylic acids is 2. The van der Waals surface area contributed by atoms with E-state index in [1.165, 1.54) is 11.8 Å². The molecular formula is C18H18Cl2N2O3. The van der Waals surface area contributed by atoms with Gasteiger partial charge in [-0.25, -0.2) is 0 Å². The minimum Gasteiger partial charge on any atom is -0.496 e. The van der Waals surface area contributed by atoms with E-state index in [-0.39, 0.29) is 24.9 Å². The number of benzene rings is 2. The molecule has 0 heterocycles. The van der Waals surface area contributed by atoms with Crippen LogP contribution in [0.1, 0.15) is 12.5 Å². The second-order valence-corrected chi connectivity index (χ2v) is 6.08. The molecule has 0 aliphatic rings. The van der Waals surface area contributed by atoms with Crippen LogP contribution in [0.5, 0.6) is 5.75 Å². The lowest BCUT2D eigenvalue weighted by Gasteiger charge is -2.23. The van der Waals surface area contributed by atoms with Crippen LogP contribution in [0.2, 0.25) is 10.0 Å². The van der Waals surface area contributed by atoms with Crippen LogP contribution < -0.4 is 15.0 Å². The highest BCUT2D eigenvalue weighted by atomic mass is 35.5. The summed E-state index contributed by atoms with van der Waals surface area (Å²) in [5, 5.41) is 3.38. The average Bonchev–Trinajstić information content (AvgIpc) is 2.59. The van der Waals surface area contributed by atoms with Crippen LogP contribution in [0.15, 0.2) is 42.5 Å². The normalized spacial score (nSPS) is 10.2. The first-order chi connectivity index (χ1) is 11.9. The Hall–Kier alpha value is -2.24. The van der Waals surface area contributed by atoms with Crippen molar-refractivity contribution in [3.63, 3.8) is 0 Å². The zero-order chi connectivity index (χ0) is 18.4. The van der Waals surface area contributed by atoms with Crippen molar-refractivity contribution in [1.29, 1.82) is 0 Å². The minimum absolute atomic E-state index is 0.187. The van der Waals surface area contributed by atoms with Crippen molar-refractivity contribution in [1.82, 2.24) is 5.32 Å². The molecule has 0 unspecified atom stereocenters. The van der Waals surface area contributed by atoms with Crippen LogP contribution in [0, 0.1) is 0 Å². The zero-order valence-corrected chi connectivity index (χ0v) is 15.4. The third-order valence-electron chi connectivity index (χ3n) is 3.56. The Morgan fingerprint density at radius 3 is 2.32 bits per heavy atom. The largest absolute Gasteiger partial charge is 0.496 e. The summed E-state index contributed by atoms with van der Waals surface area (Å²) in [6, 6.07) is 12.3. The number of hydrogen-bond acceptors (Lipinski definition) is 3. The van der Waals surface area contributed by atoms with Gasteiger partial charge in [0.2, 0.25) is 11.8 Å². The van der Waals surface area contributed by atoms with E-state index in [1.54, 1.807) is 25.3 Å². The van der Waals surface area contributed by atoms with Gasteiger partial charge in [-0.05, 0) is 18.2 Å². The number of rotatable bonds is 6. The van der Waals surface area contributed by atoms with Crippen molar-refractivity contribution in [2.24, 2.45) is 0 Å². The summed E-state index contributed by atoms with van der Waals surface area (Å²) in [6.45, 7) is 1.45. The Kier molecular flexibility index (Phi) is 6.67. The quantitative estimate of drug-likeness (QED) is 0.831. The summed E-state index contributed by atoms with van der Waals surface area (Å²) < 4.78 is 5.25. The molecule has 5 nitrogen and oxygen atoms in total. The number of methoxy groups -OCH3 is 1. The lowest BCUT2D eigenvalue weighted by atomic mass is 10.2. The number of nitrogens with zero attached hydrogens (tertiary/aromatic N) is 1. The highest BCUT2D eigenvalue weighted by Crippen LogP contribution is 2.33. The lowest BCUT2D eigenvalue weighted by Crippen LogP contribution is -2.40. The fourth-order valence-electron chi connectivity index (χ4n) is 2.34. The number of halogens is 2. The second kappa shape index (κ2) is 8.74. The molecule has 2 aromatic carbocycles. The number of amides is 2. The first kappa shape index (κ1) is 19.1. The Morgan fingerprint density at radius 2 is 1.72 bits per heavy atom. The smallest absolute Gasteiger partial charge is 0.240 e. The van der Waals surface area contributed by atoms with E-state index in [4.69, 9.17) is 27.9 Å². The topological polar surface area (TPSA) is 58.6 Å². The maximum atomic E-state index is 12.3. The van der Waals surface area contributed by atoms with Gasteiger partial charge in [-0.15, -0.1) is 0 Å². The van der Waals surface area contributed by atoms with E-state index in [1.807, 2.05) is 24.3 Å². The van der Waals surface area contributed by atoms with Crippen molar-refractivity contribution in [2.45, 2.75) is 13.5 Å². The monoisotopic (exact) mass is 380 g/mol. The van der Waals surface area contributed by atoms with Crippen LogP contribution in [-0.2, 0) is 16.1 Å². The van der Waals surface area contributed by atoms with Gasteiger partial charge in [-0.2, -0.15) is 0 Å². The van der Waals surface area contributed by atoms with Crippen LogP contribution in [0.25, 0.3) is 0 Å². The molecule has 0 fully saturated rings. The number of ether oxygens (including phenoxy) is 1. The molecule has 7 heteroatoms. The zero-order valence-electron chi connectivity index (χ0n) is 13.9. The summed E-state index contributed by atoms with van der Waals surface area (Å²) in [5.74, 6) is 0.0138. The minimum atomic E-state index is -0.336. The van der Waals surface area contributed by atoms with Crippen molar-refractivity contribution < 1.29 is 14.3 Å². The first-order valence-electron chi connectivity index (χ1n) is 7.54. The molecule has 0 aliphatic heterocycles. The van der Waals surface area contributed by atoms with E-state index in [0.29, 0.717) is 21.5 Å². The van der Waals surface area contributed by atoms with Crippen molar-refractivity contribution in [3.8, 4) is 5.75 Å². The van der Waals surface area contributed by atoms with Gasteiger partial charge < -0.3 is 15.0 Å². The molecule has 0 aromatic heterocycles. The predicted octanol–water partition coefficient (Wildman–Crippen LogP) is 3.67. The van der Waals surface area contributed by atoms with Gasteiger partial charge in [0.1, 0.15) is 12.3 Å². The molecule has 0 saturated carbocycles. The van der Waals surface area contributed by atoms with Gasteiger partial charge in [-0.3, -0.25) is 9.59 Å². The number of carbonyl (C=O) groups is 2. The average molecular weight is 381 g/mol. The van der Waals surface area contributed by atoms with Gasteiger partial charge in [0, 0.05) is 19.0 Å². The van der Waals surface area contributed by atoms with Gasteiger partial charge in [-0.1, -0.05) is 47.5 Å². The summed E-state index contributed by atoms with van der Waals surface area (Å²) in [6.07, 6.45) is 0. The first-order valence-corrected chi connectivity index (χ1v) is 8.30. The summed E-state index contributed by atoms with van der Waals surface area (Å²) in [4.78, 5) is 25.5. The fraction of sp³-hybridized carbons (Fsp3) is 0.222. The summed E-state index contributed by atoms with van der Waals surface area (Å²) in [5.41, 5.74) is 1.16. The molecule has 0 bridgehead atoms. The van der Waals surface area contributed by atoms with Gasteiger partial charge in [0.05, 0.1) is 22.8 Å². The molecule has 2 amide bonds. The summed E-state index contributed by atoms with van der Waals surface area (Å²) >= 11 is 12.3. The molecule has 1 N–H and O–H groups in total. The summed E-state index contributed by atoms with van der Waals surface area (Å²) in [7, 11) is 1.57. The molecular weight excluding hydrogens is 363 g/mol. The predicted molar refractivity (Wildman–Crippen MR) is 99.3 cm³/mol. The molecule has 2 rings (SSSR count). The van der Waals surface area contributed by atoms with Crippen LogP contribution in [0.4, 0.5) is 5.69 Å². The van der Waals surface area contributed by atoms with Gasteiger partial charge >= 0.3 is 0 Å². The van der Waals surface area contributed by atoms with Crippen molar-refractivity contribution in [2.75, 3.05) is 18.6 Å². The van der Waals surface area contributed by atoms with Crippen molar-refractivity contribution in [3.05, 3.63) is 58.1 Å². The molecule has 0 radical (unpaired) electrons. The highest BCUT2D eigenvalue weighted by molar-refractivity contribution is 6.40. The molecule has 0 saturated heterocycles. The van der Waals surface area contributed by atoms with Crippen LogP contribution in [-0.4, -0.2) is 25.5 Å². The van der Waals surface area contributed by atoms with Crippen molar-refractivity contribution >= 4 is 40.7 Å². The number of anilines is 1. The Morgan fingerprint density at radius 1 is 1.08 bits per heavy atom. The lowest BCUT2D eigenvalue weighted by molar-refractivity contribution is -0.123. The SMILES string of the molecule is COc1ccccc1CNC(=O)CN(C(C)=O)c1c(Cl)cccc1Cl. The van der Waals surface area contributed by atoms with E-state index in [9.17, 15) is 9.59 Å². The van der Waals surface area contributed by atoms with Gasteiger partial charge in [0.15, 0.2) is 0 Å². The third kappa shape index (κ3) is 4.87. The Balaban J connectivity index is 2.10. The van der Waals surface area contributed by atoms with Gasteiger partial charge in [0.25, 0.3) is 0 Å². The molecule has 132 valence electrons. The van der Waals surface area contributed by atoms with Crippen LogP contribution in [0.3, 0.4) is 0 Å². The maximum Gasteiger partial charge on any atom is 0.240 e. The Bertz CT molecular complexity index is 760. The highest BCUT2D eigenvalue weighted by Gasteiger charge is 2.21. The van der Waals surface area contributed by atoms with E-state index < -0.39 is 0 Å². The van der Waals surface area contributed by atoms with Crippen LogP contribution >= 0.6 is 23.2 Å². The number of para-hydroxylation sites is 2. The fourth-order valence-corrected chi connectivity index (χ4v) is 2.94. The Labute approximate surface area is 156 Å². The third-order valence-corrected chi connectivity index (χ3v) is 4.17. The molecule has 25 heavy (non-hydrogen) atoms. The molecule has 0 spiro atoms. The van der Waals surface area contributed by atoms with E-state index in [0.717, 1.165) is 5.56 Å². The molecule has 0 aliphatic carbocycles. The molecule has 0 atom stereocenters. The number of hydrogen-bond donors (Lipinski definition) is 1. The van der Waals surface area contributed by atoms with E-state index >= 15 is 0 Å². The number of nitrogens with one attached hydrogen (secondary N) is 1. The van der Waals surface area contributed by atoms with E-state index in [2.05, 4.69) is 5.32 Å². The maximum absolute atomic E-state index is 12.3. The second-order valence-electron chi connectivity index (χ2n) is 5.26. The molecule has 2 aromatic rings.